The van der Waals surface area contributed by atoms with E-state index < -0.39 is 0 Å². The average Bonchev–Trinajstić information content (AvgIpc) is 3.16. The van der Waals surface area contributed by atoms with E-state index in [0.717, 1.165) is 22.2 Å². The van der Waals surface area contributed by atoms with Crippen molar-refractivity contribution in [2.75, 3.05) is 0 Å². The highest BCUT2D eigenvalue weighted by atomic mass is 16.5. The van der Waals surface area contributed by atoms with Crippen molar-refractivity contribution in [2.24, 2.45) is 0 Å². The Labute approximate surface area is 113 Å². The van der Waals surface area contributed by atoms with Gasteiger partial charge in [0.25, 0.3) is 5.89 Å². The second kappa shape index (κ2) is 4.27. The Morgan fingerprint density at radius 2 is 2.10 bits per heavy atom. The molecule has 96 valence electrons. The lowest BCUT2D eigenvalue weighted by atomic mass is 10.2. The second-order valence-corrected chi connectivity index (χ2v) is 4.30. The maximum Gasteiger partial charge on any atom is 0.258 e. The Kier molecular flexibility index (Phi) is 2.32. The third kappa shape index (κ3) is 1.74. The molecule has 0 aliphatic carbocycles. The van der Waals surface area contributed by atoms with Crippen LogP contribution < -0.4 is 0 Å². The van der Waals surface area contributed by atoms with Crippen LogP contribution in [0, 0.1) is 0 Å². The number of aromatic amines is 1. The third-order valence-corrected chi connectivity index (χ3v) is 3.01. The minimum atomic E-state index is 0.473. The molecule has 3 aromatic heterocycles. The molecule has 0 fully saturated rings. The van der Waals surface area contributed by atoms with Gasteiger partial charge >= 0.3 is 0 Å². The lowest BCUT2D eigenvalue weighted by molar-refractivity contribution is 0.432. The van der Waals surface area contributed by atoms with E-state index in [-0.39, 0.29) is 0 Å². The molecule has 0 saturated heterocycles. The number of hydrogen-bond donors (Lipinski definition) is 1. The van der Waals surface area contributed by atoms with Gasteiger partial charge in [-0.1, -0.05) is 5.16 Å². The van der Waals surface area contributed by atoms with E-state index in [1.807, 2.05) is 30.3 Å². The van der Waals surface area contributed by atoms with Gasteiger partial charge in [0, 0.05) is 23.5 Å². The van der Waals surface area contributed by atoms with Crippen LogP contribution in [-0.4, -0.2) is 25.1 Å². The summed E-state index contributed by atoms with van der Waals surface area (Å²) in [5.41, 5.74) is 3.51. The van der Waals surface area contributed by atoms with Crippen molar-refractivity contribution in [3.8, 4) is 22.8 Å². The van der Waals surface area contributed by atoms with Crippen LogP contribution in [0.5, 0.6) is 0 Å². The minimum absolute atomic E-state index is 0.473. The van der Waals surface area contributed by atoms with Crippen LogP contribution in [-0.2, 0) is 0 Å². The first-order valence-corrected chi connectivity index (χ1v) is 6.08. The van der Waals surface area contributed by atoms with Crippen molar-refractivity contribution >= 4 is 11.0 Å². The molecule has 1 aromatic carbocycles. The van der Waals surface area contributed by atoms with Gasteiger partial charge in [-0.3, -0.25) is 4.98 Å². The molecule has 0 atom stereocenters. The molecule has 0 saturated carbocycles. The molecular weight excluding hydrogens is 254 g/mol. The number of imidazole rings is 1. The standard InChI is InChI=1S/C14H9N5O/c1-2-10(7-15-5-1)13-18-14(20-19-13)9-3-4-11-12(6-9)17-8-16-11/h1-8H,(H,16,17). The van der Waals surface area contributed by atoms with E-state index in [1.54, 1.807) is 18.7 Å². The monoisotopic (exact) mass is 263 g/mol. The lowest BCUT2D eigenvalue weighted by Crippen LogP contribution is -1.82. The van der Waals surface area contributed by atoms with Gasteiger partial charge in [0.15, 0.2) is 0 Å². The number of aromatic nitrogens is 5. The van der Waals surface area contributed by atoms with E-state index >= 15 is 0 Å². The van der Waals surface area contributed by atoms with Crippen LogP contribution in [0.2, 0.25) is 0 Å². The highest BCUT2D eigenvalue weighted by Gasteiger charge is 2.11. The Hall–Kier alpha value is -3.02. The molecule has 3 heterocycles. The number of H-pyrrole nitrogens is 1. The fraction of sp³-hybridized carbons (Fsp3) is 0. The molecule has 0 amide bonds. The molecule has 0 spiro atoms. The normalized spacial score (nSPS) is 11.0. The van der Waals surface area contributed by atoms with Gasteiger partial charge in [-0.25, -0.2) is 4.98 Å². The molecule has 6 heteroatoms. The van der Waals surface area contributed by atoms with E-state index in [9.17, 15) is 0 Å². The maximum absolute atomic E-state index is 5.31. The van der Waals surface area contributed by atoms with Crippen LogP contribution in [0.3, 0.4) is 0 Å². The smallest absolute Gasteiger partial charge is 0.258 e. The molecule has 20 heavy (non-hydrogen) atoms. The molecule has 0 radical (unpaired) electrons. The number of benzene rings is 1. The van der Waals surface area contributed by atoms with Crippen LogP contribution in [0.15, 0.2) is 53.6 Å². The summed E-state index contributed by atoms with van der Waals surface area (Å²) in [6, 6.07) is 9.48. The Morgan fingerprint density at radius 3 is 3.00 bits per heavy atom. The van der Waals surface area contributed by atoms with Crippen molar-refractivity contribution < 1.29 is 4.52 Å². The molecule has 4 aromatic rings. The van der Waals surface area contributed by atoms with E-state index in [2.05, 4.69) is 25.1 Å². The summed E-state index contributed by atoms with van der Waals surface area (Å²) in [4.78, 5) is 15.7. The van der Waals surface area contributed by atoms with Crippen LogP contribution >= 0.6 is 0 Å². The summed E-state index contributed by atoms with van der Waals surface area (Å²) in [6.45, 7) is 0. The van der Waals surface area contributed by atoms with Crippen molar-refractivity contribution in [1.82, 2.24) is 25.1 Å². The fourth-order valence-corrected chi connectivity index (χ4v) is 2.02. The molecular formula is C14H9N5O. The zero-order chi connectivity index (χ0) is 13.4. The molecule has 0 aliphatic heterocycles. The SMILES string of the molecule is c1cncc(-c2noc(-c3ccc4nc[nH]c4c3)n2)c1. The minimum Gasteiger partial charge on any atom is -0.345 e. The predicted octanol–water partition coefficient (Wildman–Crippen LogP) is 2.67. The molecule has 1 N–H and O–H groups in total. The second-order valence-electron chi connectivity index (χ2n) is 4.30. The number of nitrogens with zero attached hydrogens (tertiary/aromatic N) is 4. The van der Waals surface area contributed by atoms with Crippen molar-refractivity contribution in [3.63, 3.8) is 0 Å². The number of pyridine rings is 1. The first-order valence-electron chi connectivity index (χ1n) is 6.08. The molecule has 0 unspecified atom stereocenters. The van der Waals surface area contributed by atoms with Gasteiger partial charge in [-0.2, -0.15) is 4.98 Å². The van der Waals surface area contributed by atoms with Crippen molar-refractivity contribution in [3.05, 3.63) is 49.1 Å². The molecule has 0 aliphatic rings. The van der Waals surface area contributed by atoms with Crippen LogP contribution in [0.1, 0.15) is 0 Å². The lowest BCUT2D eigenvalue weighted by Gasteiger charge is -1.94. The number of rotatable bonds is 2. The van der Waals surface area contributed by atoms with Crippen LogP contribution in [0.25, 0.3) is 33.9 Å². The Morgan fingerprint density at radius 1 is 1.10 bits per heavy atom. The molecule has 4 rings (SSSR count). The van der Waals surface area contributed by atoms with Gasteiger partial charge in [-0.05, 0) is 30.3 Å². The average molecular weight is 263 g/mol. The number of fused-ring (bicyclic) bond motifs is 1. The Balaban J connectivity index is 1.77. The van der Waals surface area contributed by atoms with E-state index in [0.29, 0.717) is 11.7 Å². The first-order chi connectivity index (χ1) is 9.90. The zero-order valence-electron chi connectivity index (χ0n) is 10.3. The zero-order valence-corrected chi connectivity index (χ0v) is 10.3. The van der Waals surface area contributed by atoms with E-state index in [1.165, 1.54) is 0 Å². The third-order valence-electron chi connectivity index (χ3n) is 3.01. The molecule has 0 bridgehead atoms. The van der Waals surface area contributed by atoms with Crippen molar-refractivity contribution in [2.45, 2.75) is 0 Å². The van der Waals surface area contributed by atoms with Gasteiger partial charge in [0.2, 0.25) is 5.82 Å². The van der Waals surface area contributed by atoms with Gasteiger partial charge < -0.3 is 9.51 Å². The maximum atomic E-state index is 5.31. The van der Waals surface area contributed by atoms with Crippen LogP contribution in [0.4, 0.5) is 0 Å². The predicted molar refractivity (Wildman–Crippen MR) is 72.6 cm³/mol. The largest absolute Gasteiger partial charge is 0.345 e. The van der Waals surface area contributed by atoms with Gasteiger partial charge in [0.05, 0.1) is 17.4 Å². The summed E-state index contributed by atoms with van der Waals surface area (Å²) in [5.74, 6) is 0.998. The highest BCUT2D eigenvalue weighted by molar-refractivity contribution is 5.79. The fourth-order valence-electron chi connectivity index (χ4n) is 2.02. The number of hydrogen-bond acceptors (Lipinski definition) is 5. The molecule has 6 nitrogen and oxygen atoms in total. The topological polar surface area (TPSA) is 80.5 Å². The summed E-state index contributed by atoms with van der Waals surface area (Å²) < 4.78 is 5.31. The summed E-state index contributed by atoms with van der Waals surface area (Å²) in [5, 5.41) is 3.98. The number of nitrogens with one attached hydrogen (secondary N) is 1. The summed E-state index contributed by atoms with van der Waals surface area (Å²) in [7, 11) is 0. The summed E-state index contributed by atoms with van der Waals surface area (Å²) >= 11 is 0. The summed E-state index contributed by atoms with van der Waals surface area (Å²) in [6.07, 6.45) is 5.06. The quantitative estimate of drug-likeness (QED) is 0.601. The van der Waals surface area contributed by atoms with Gasteiger partial charge in [0.1, 0.15) is 0 Å². The Bertz CT molecular complexity index is 865. The first kappa shape index (κ1) is 10.9. The van der Waals surface area contributed by atoms with Crippen molar-refractivity contribution in [1.29, 1.82) is 0 Å². The van der Waals surface area contributed by atoms with Gasteiger partial charge in [-0.15, -0.1) is 0 Å². The highest BCUT2D eigenvalue weighted by Crippen LogP contribution is 2.23. The van der Waals surface area contributed by atoms with E-state index in [4.69, 9.17) is 4.52 Å².